The number of amides is 1. The smallest absolute Gasteiger partial charge is 0.245 e. The number of likely N-dealkylation sites (tertiary alicyclic amines) is 1. The summed E-state index contributed by atoms with van der Waals surface area (Å²) in [5.41, 5.74) is 0.437. The number of rotatable bonds is 3. The number of carbonyl (C=O) groups is 1. The first-order chi connectivity index (χ1) is 11.6. The lowest BCUT2D eigenvalue weighted by molar-refractivity contribution is -0.119. The number of hydrogen-bond donors (Lipinski definition) is 2. The second-order valence-corrected chi connectivity index (χ2v) is 6.00. The fraction of sp³-hybridized carbons (Fsp3) is 0.467. The third-order valence-electron chi connectivity index (χ3n) is 3.84. The monoisotopic (exact) mass is 350 g/mol. The molecular formula is C15H19ClN6O2. The molecule has 0 bridgehead atoms. The number of nitrogens with zero attached hydrogens (tertiary/aromatic N) is 5. The molecule has 2 aliphatic heterocycles. The molecule has 128 valence electrons. The Morgan fingerprint density at radius 3 is 2.71 bits per heavy atom. The number of halogens is 1. The first kappa shape index (κ1) is 16.7. The van der Waals surface area contributed by atoms with Crippen molar-refractivity contribution in [2.75, 3.05) is 25.0 Å². The van der Waals surface area contributed by atoms with Gasteiger partial charge in [0.05, 0.1) is 18.1 Å². The molecule has 3 heterocycles. The van der Waals surface area contributed by atoms with E-state index in [1.54, 1.807) is 12.2 Å². The van der Waals surface area contributed by atoms with Crippen LogP contribution in [0.3, 0.4) is 0 Å². The fourth-order valence-corrected chi connectivity index (χ4v) is 2.74. The average molecular weight is 351 g/mol. The summed E-state index contributed by atoms with van der Waals surface area (Å²) in [5.74, 6) is 0.458. The van der Waals surface area contributed by atoms with Gasteiger partial charge in [0.25, 0.3) is 0 Å². The van der Waals surface area contributed by atoms with Crippen LogP contribution in [0.15, 0.2) is 29.6 Å². The minimum Gasteiger partial charge on any atom is -0.369 e. The molecule has 1 unspecified atom stereocenters. The summed E-state index contributed by atoms with van der Waals surface area (Å²) in [7, 11) is 0. The Kier molecular flexibility index (Phi) is 5.27. The molecule has 1 amide bonds. The SMILES string of the molecule is O=C(CN1N=C(N2CCCCC2)C=CC1O)Nc1cnc(Cl)nc1. The van der Waals surface area contributed by atoms with Crippen LogP contribution in [0.1, 0.15) is 19.3 Å². The third-order valence-corrected chi connectivity index (χ3v) is 4.04. The zero-order chi connectivity index (χ0) is 16.9. The number of anilines is 1. The lowest BCUT2D eigenvalue weighted by atomic mass is 10.1. The van der Waals surface area contributed by atoms with Crippen molar-refractivity contribution in [3.63, 3.8) is 0 Å². The third kappa shape index (κ3) is 4.21. The number of amidine groups is 1. The highest BCUT2D eigenvalue weighted by atomic mass is 35.5. The molecule has 0 aliphatic carbocycles. The van der Waals surface area contributed by atoms with Crippen LogP contribution in [0.2, 0.25) is 5.28 Å². The number of hydrogen-bond acceptors (Lipinski definition) is 7. The van der Waals surface area contributed by atoms with E-state index >= 15 is 0 Å². The number of piperidine rings is 1. The van der Waals surface area contributed by atoms with Gasteiger partial charge in [0.15, 0.2) is 6.23 Å². The molecule has 0 aromatic carbocycles. The van der Waals surface area contributed by atoms with E-state index in [2.05, 4.69) is 25.3 Å². The summed E-state index contributed by atoms with van der Waals surface area (Å²) in [6, 6.07) is 0. The molecule has 24 heavy (non-hydrogen) atoms. The molecule has 1 aromatic rings. The van der Waals surface area contributed by atoms with Gasteiger partial charge in [-0.25, -0.2) is 9.97 Å². The van der Waals surface area contributed by atoms with Crippen LogP contribution in [-0.2, 0) is 4.79 Å². The molecule has 1 saturated heterocycles. The standard InChI is InChI=1S/C15H19ClN6O2/c16-15-17-8-11(9-18-15)19-13(23)10-22-14(24)5-4-12(20-22)21-6-2-1-3-7-21/h4-5,8-9,14,24H,1-3,6-7,10H2,(H,19,23). The fourth-order valence-electron chi connectivity index (χ4n) is 2.64. The molecule has 1 fully saturated rings. The van der Waals surface area contributed by atoms with E-state index in [1.165, 1.54) is 23.8 Å². The van der Waals surface area contributed by atoms with Gasteiger partial charge in [0.2, 0.25) is 11.2 Å². The van der Waals surface area contributed by atoms with E-state index in [0.717, 1.165) is 31.8 Å². The minimum absolute atomic E-state index is 0.0779. The van der Waals surface area contributed by atoms with Gasteiger partial charge in [-0.15, -0.1) is 0 Å². The number of hydrazone groups is 1. The van der Waals surface area contributed by atoms with Gasteiger partial charge in [-0.3, -0.25) is 9.80 Å². The molecule has 8 nitrogen and oxygen atoms in total. The van der Waals surface area contributed by atoms with Gasteiger partial charge >= 0.3 is 0 Å². The molecule has 2 N–H and O–H groups in total. The highest BCUT2D eigenvalue weighted by Crippen LogP contribution is 2.15. The molecule has 2 aliphatic rings. The van der Waals surface area contributed by atoms with Crippen LogP contribution in [0.4, 0.5) is 5.69 Å². The van der Waals surface area contributed by atoms with Gasteiger partial charge in [-0.05, 0) is 43.0 Å². The highest BCUT2D eigenvalue weighted by Gasteiger charge is 2.22. The lowest BCUT2D eigenvalue weighted by Gasteiger charge is -2.33. The van der Waals surface area contributed by atoms with Crippen LogP contribution in [-0.4, -0.2) is 62.6 Å². The zero-order valence-electron chi connectivity index (χ0n) is 13.1. The number of carbonyl (C=O) groups excluding carboxylic acids is 1. The second kappa shape index (κ2) is 7.59. The summed E-state index contributed by atoms with van der Waals surface area (Å²) < 4.78 is 0. The summed E-state index contributed by atoms with van der Waals surface area (Å²) in [4.78, 5) is 21.9. The molecule has 0 spiro atoms. The van der Waals surface area contributed by atoms with Crippen LogP contribution >= 0.6 is 11.6 Å². The first-order valence-electron chi connectivity index (χ1n) is 7.86. The number of aliphatic hydroxyl groups excluding tert-OH is 1. The molecule has 9 heteroatoms. The average Bonchev–Trinajstić information content (AvgIpc) is 2.60. The lowest BCUT2D eigenvalue weighted by Crippen LogP contribution is -2.43. The summed E-state index contributed by atoms with van der Waals surface area (Å²) in [5, 5.41) is 18.6. The van der Waals surface area contributed by atoms with Crippen LogP contribution < -0.4 is 5.32 Å². The summed E-state index contributed by atoms with van der Waals surface area (Å²) in [6.45, 7) is 1.81. The minimum atomic E-state index is -0.925. The van der Waals surface area contributed by atoms with Gasteiger partial charge in [-0.2, -0.15) is 5.10 Å². The molecule has 0 radical (unpaired) electrons. The maximum atomic E-state index is 12.1. The Hall–Kier alpha value is -2.19. The molecular weight excluding hydrogens is 332 g/mol. The molecule has 3 rings (SSSR count). The second-order valence-electron chi connectivity index (χ2n) is 5.67. The first-order valence-corrected chi connectivity index (χ1v) is 8.23. The topological polar surface area (TPSA) is 94.0 Å². The maximum Gasteiger partial charge on any atom is 0.245 e. The van der Waals surface area contributed by atoms with Crippen molar-refractivity contribution >= 4 is 29.0 Å². The van der Waals surface area contributed by atoms with E-state index < -0.39 is 6.23 Å². The number of aliphatic hydroxyl groups is 1. The van der Waals surface area contributed by atoms with Crippen molar-refractivity contribution in [2.45, 2.75) is 25.5 Å². The summed E-state index contributed by atoms with van der Waals surface area (Å²) in [6.07, 6.45) is 8.84. The normalized spacial score (nSPS) is 20.8. The Balaban J connectivity index is 1.61. The van der Waals surface area contributed by atoms with Crippen molar-refractivity contribution in [1.82, 2.24) is 19.9 Å². The van der Waals surface area contributed by atoms with E-state index in [1.807, 2.05) is 0 Å². The Morgan fingerprint density at radius 1 is 1.29 bits per heavy atom. The van der Waals surface area contributed by atoms with E-state index in [4.69, 9.17) is 11.6 Å². The molecule has 1 aromatic heterocycles. The van der Waals surface area contributed by atoms with Crippen molar-refractivity contribution in [1.29, 1.82) is 0 Å². The molecule has 1 atom stereocenters. The summed E-state index contributed by atoms with van der Waals surface area (Å²) >= 11 is 5.61. The quantitative estimate of drug-likeness (QED) is 0.792. The predicted molar refractivity (Wildman–Crippen MR) is 90.4 cm³/mol. The molecule has 0 saturated carbocycles. The Labute approximate surface area is 144 Å². The van der Waals surface area contributed by atoms with Gasteiger partial charge in [0.1, 0.15) is 12.4 Å². The van der Waals surface area contributed by atoms with Crippen LogP contribution in [0.25, 0.3) is 0 Å². The zero-order valence-corrected chi connectivity index (χ0v) is 13.9. The van der Waals surface area contributed by atoms with E-state index in [-0.39, 0.29) is 17.7 Å². The van der Waals surface area contributed by atoms with Crippen molar-refractivity contribution in [3.8, 4) is 0 Å². The maximum absolute atomic E-state index is 12.1. The predicted octanol–water partition coefficient (Wildman–Crippen LogP) is 1.06. The van der Waals surface area contributed by atoms with E-state index in [9.17, 15) is 9.90 Å². The number of aromatic nitrogens is 2. The van der Waals surface area contributed by atoms with Gasteiger partial charge in [-0.1, -0.05) is 0 Å². The van der Waals surface area contributed by atoms with Gasteiger partial charge < -0.3 is 15.3 Å². The highest BCUT2D eigenvalue weighted by molar-refractivity contribution is 6.28. The van der Waals surface area contributed by atoms with Gasteiger partial charge in [0, 0.05) is 13.1 Å². The van der Waals surface area contributed by atoms with E-state index in [0.29, 0.717) is 5.69 Å². The Morgan fingerprint density at radius 2 is 2.00 bits per heavy atom. The number of nitrogens with one attached hydrogen (secondary N) is 1. The van der Waals surface area contributed by atoms with Crippen LogP contribution in [0, 0.1) is 0 Å². The van der Waals surface area contributed by atoms with Crippen molar-refractivity contribution < 1.29 is 9.90 Å². The Bertz CT molecular complexity index is 642. The van der Waals surface area contributed by atoms with Crippen LogP contribution in [0.5, 0.6) is 0 Å². The van der Waals surface area contributed by atoms with Crippen molar-refractivity contribution in [3.05, 3.63) is 29.8 Å². The largest absolute Gasteiger partial charge is 0.369 e. The van der Waals surface area contributed by atoms with Crippen molar-refractivity contribution in [2.24, 2.45) is 5.10 Å².